The predicted octanol–water partition coefficient (Wildman–Crippen LogP) is 4.31. The number of amides is 1. The second-order valence-corrected chi connectivity index (χ2v) is 10.7. The molecule has 0 saturated carbocycles. The molecule has 0 unspecified atom stereocenters. The largest absolute Gasteiger partial charge is 0.495 e. The molecule has 1 N–H and O–H groups in total. The molecule has 0 aliphatic rings. The number of ether oxygens (including phenoxy) is 1. The zero-order valence-electron chi connectivity index (χ0n) is 16.9. The number of methoxy groups -OCH3 is 1. The van der Waals surface area contributed by atoms with Gasteiger partial charge in [0, 0.05) is 10.8 Å². The fourth-order valence-corrected chi connectivity index (χ4v) is 5.76. The first-order valence-corrected chi connectivity index (χ1v) is 12.8. The summed E-state index contributed by atoms with van der Waals surface area (Å²) in [6, 6.07) is 12.3. The zero-order chi connectivity index (χ0) is 23.1. The molecule has 3 aromatic rings. The Kier molecular flexibility index (Phi) is 8.13. The van der Waals surface area contributed by atoms with Crippen LogP contribution in [0.1, 0.15) is 0 Å². The van der Waals surface area contributed by atoms with Crippen LogP contribution in [0.25, 0.3) is 0 Å². The first-order valence-electron chi connectivity index (χ1n) is 9.13. The van der Waals surface area contributed by atoms with Crippen molar-refractivity contribution in [3.05, 3.63) is 66.2 Å². The molecule has 0 radical (unpaired) electrons. The third-order valence-electron chi connectivity index (χ3n) is 4.01. The van der Waals surface area contributed by atoms with Crippen LogP contribution >= 0.6 is 34.7 Å². The van der Waals surface area contributed by atoms with E-state index in [1.165, 1.54) is 54.5 Å². The lowest BCUT2D eigenvalue weighted by atomic mass is 10.3. The van der Waals surface area contributed by atoms with Crippen LogP contribution in [0.4, 0.5) is 10.8 Å². The highest BCUT2D eigenvalue weighted by atomic mass is 35.5. The van der Waals surface area contributed by atoms with Crippen molar-refractivity contribution in [2.45, 2.75) is 9.24 Å². The average molecular weight is 511 g/mol. The third kappa shape index (κ3) is 5.80. The van der Waals surface area contributed by atoms with Crippen LogP contribution in [-0.4, -0.2) is 43.9 Å². The molecule has 8 nitrogen and oxygen atoms in total. The van der Waals surface area contributed by atoms with E-state index in [0.717, 1.165) is 4.31 Å². The van der Waals surface area contributed by atoms with Gasteiger partial charge in [0.2, 0.25) is 11.0 Å². The minimum absolute atomic E-state index is 0.0221. The molecule has 2 aromatic carbocycles. The maximum Gasteiger partial charge on any atom is 0.264 e. The Hall–Kier alpha value is -2.60. The Morgan fingerprint density at radius 2 is 2.03 bits per heavy atom. The van der Waals surface area contributed by atoms with Gasteiger partial charge in [-0.3, -0.25) is 14.4 Å². The Balaban J connectivity index is 1.93. The van der Waals surface area contributed by atoms with E-state index < -0.39 is 22.5 Å². The highest BCUT2D eigenvalue weighted by Crippen LogP contribution is 2.35. The fraction of sp³-hybridized carbons (Fsp3) is 0.150. The monoisotopic (exact) mass is 510 g/mol. The van der Waals surface area contributed by atoms with Gasteiger partial charge in [0.05, 0.1) is 17.7 Å². The van der Waals surface area contributed by atoms with Gasteiger partial charge in [0.25, 0.3) is 10.0 Å². The summed E-state index contributed by atoms with van der Waals surface area (Å²) in [5.74, 6) is 0.309. The van der Waals surface area contributed by atoms with Crippen LogP contribution < -0.4 is 14.4 Å². The molecule has 32 heavy (non-hydrogen) atoms. The van der Waals surface area contributed by atoms with Crippen molar-refractivity contribution in [1.29, 1.82) is 0 Å². The van der Waals surface area contributed by atoms with Gasteiger partial charge in [-0.15, -0.1) is 16.8 Å². The van der Waals surface area contributed by atoms with Crippen molar-refractivity contribution < 1.29 is 17.9 Å². The predicted molar refractivity (Wildman–Crippen MR) is 128 cm³/mol. The number of halogens is 1. The molecule has 1 aromatic heterocycles. The number of nitrogens with one attached hydrogen (secondary N) is 1. The summed E-state index contributed by atoms with van der Waals surface area (Å²) in [6.07, 6.45) is 1.73. The molecule has 0 spiro atoms. The number of aromatic nitrogens is 2. The lowest BCUT2D eigenvalue weighted by Crippen LogP contribution is -2.38. The topological polar surface area (TPSA) is 101 Å². The van der Waals surface area contributed by atoms with Crippen molar-refractivity contribution in [2.75, 3.05) is 29.0 Å². The molecule has 0 fully saturated rings. The molecule has 0 aliphatic heterocycles. The van der Waals surface area contributed by atoms with E-state index in [0.29, 0.717) is 15.1 Å². The first-order chi connectivity index (χ1) is 15.3. The third-order valence-corrected chi connectivity index (χ3v) is 7.98. The van der Waals surface area contributed by atoms with Gasteiger partial charge in [0.15, 0.2) is 4.34 Å². The van der Waals surface area contributed by atoms with Crippen LogP contribution in [0.15, 0.2) is 70.4 Å². The van der Waals surface area contributed by atoms with E-state index in [-0.39, 0.29) is 21.5 Å². The molecule has 1 amide bonds. The van der Waals surface area contributed by atoms with Crippen LogP contribution in [0.3, 0.4) is 0 Å². The SMILES string of the molecule is C=CCSc1nnc(NC(=O)CN(c2cc(Cl)ccc2OC)S(=O)(=O)c2ccccc2)s1. The molecule has 12 heteroatoms. The molecular weight excluding hydrogens is 492 g/mol. The molecule has 168 valence electrons. The quantitative estimate of drug-likeness (QED) is 0.246. The maximum absolute atomic E-state index is 13.4. The number of sulfonamides is 1. The van der Waals surface area contributed by atoms with Gasteiger partial charge >= 0.3 is 0 Å². The van der Waals surface area contributed by atoms with E-state index in [1.807, 2.05) is 0 Å². The van der Waals surface area contributed by atoms with E-state index in [2.05, 4.69) is 22.1 Å². The molecule has 1 heterocycles. The van der Waals surface area contributed by atoms with E-state index in [9.17, 15) is 13.2 Å². The van der Waals surface area contributed by atoms with Crippen molar-refractivity contribution in [3.8, 4) is 5.75 Å². The number of benzene rings is 2. The van der Waals surface area contributed by atoms with Crippen molar-refractivity contribution in [1.82, 2.24) is 10.2 Å². The highest BCUT2D eigenvalue weighted by molar-refractivity contribution is 8.01. The van der Waals surface area contributed by atoms with E-state index in [1.54, 1.807) is 30.3 Å². The summed E-state index contributed by atoms with van der Waals surface area (Å²) in [5.41, 5.74) is 0.137. The van der Waals surface area contributed by atoms with Crippen molar-refractivity contribution >= 4 is 61.4 Å². The summed E-state index contributed by atoms with van der Waals surface area (Å²) in [7, 11) is -2.71. The lowest BCUT2D eigenvalue weighted by molar-refractivity contribution is -0.114. The highest BCUT2D eigenvalue weighted by Gasteiger charge is 2.30. The number of anilines is 2. The number of carbonyl (C=O) groups is 1. The second-order valence-electron chi connectivity index (χ2n) is 6.16. The van der Waals surface area contributed by atoms with Crippen LogP contribution in [0, 0.1) is 0 Å². The van der Waals surface area contributed by atoms with Crippen LogP contribution in [0.2, 0.25) is 5.02 Å². The van der Waals surface area contributed by atoms with Crippen molar-refractivity contribution in [2.24, 2.45) is 0 Å². The zero-order valence-corrected chi connectivity index (χ0v) is 20.1. The van der Waals surface area contributed by atoms with Crippen LogP contribution in [-0.2, 0) is 14.8 Å². The van der Waals surface area contributed by atoms with E-state index >= 15 is 0 Å². The van der Waals surface area contributed by atoms with Gasteiger partial charge < -0.3 is 4.74 Å². The molecule has 0 atom stereocenters. The Morgan fingerprint density at radius 3 is 2.72 bits per heavy atom. The number of carbonyl (C=O) groups excluding carboxylic acids is 1. The first kappa shape index (κ1) is 24.1. The van der Waals surface area contributed by atoms with Gasteiger partial charge in [0.1, 0.15) is 12.3 Å². The number of rotatable bonds is 10. The summed E-state index contributed by atoms with van der Waals surface area (Å²) in [4.78, 5) is 12.8. The Bertz CT molecular complexity index is 1200. The number of hydrogen-bond donors (Lipinski definition) is 1. The standard InChI is InChI=1S/C20H19ClN4O4S3/c1-3-11-30-20-24-23-19(31-20)22-18(26)13-25(16-12-14(21)9-10-17(16)29-2)32(27,28)15-7-5-4-6-8-15/h3-10,12H,1,11,13H2,2H3,(H,22,23,26). The van der Waals surface area contributed by atoms with Gasteiger partial charge in [-0.25, -0.2) is 8.42 Å². The van der Waals surface area contributed by atoms with Crippen LogP contribution in [0.5, 0.6) is 5.75 Å². The molecule has 0 saturated heterocycles. The number of hydrogen-bond acceptors (Lipinski definition) is 8. The van der Waals surface area contributed by atoms with Gasteiger partial charge in [-0.05, 0) is 30.3 Å². The lowest BCUT2D eigenvalue weighted by Gasteiger charge is -2.25. The number of nitrogens with zero attached hydrogens (tertiary/aromatic N) is 3. The molecule has 3 rings (SSSR count). The Labute approximate surface area is 199 Å². The molecule has 0 aliphatic carbocycles. The fourth-order valence-electron chi connectivity index (χ4n) is 2.62. The molecular formula is C20H19ClN4O4S3. The normalized spacial score (nSPS) is 11.1. The smallest absolute Gasteiger partial charge is 0.264 e. The minimum Gasteiger partial charge on any atom is -0.495 e. The summed E-state index contributed by atoms with van der Waals surface area (Å²) in [5, 5.41) is 11.1. The molecule has 0 bridgehead atoms. The number of thioether (sulfide) groups is 1. The minimum atomic E-state index is -4.11. The maximum atomic E-state index is 13.4. The Morgan fingerprint density at radius 1 is 1.28 bits per heavy atom. The average Bonchev–Trinajstić information content (AvgIpc) is 3.23. The summed E-state index contributed by atoms with van der Waals surface area (Å²) in [6.45, 7) is 3.12. The van der Waals surface area contributed by atoms with E-state index in [4.69, 9.17) is 16.3 Å². The van der Waals surface area contributed by atoms with Crippen molar-refractivity contribution in [3.63, 3.8) is 0 Å². The summed E-state index contributed by atoms with van der Waals surface area (Å²) < 4.78 is 33.8. The second kappa shape index (κ2) is 10.8. The van der Waals surface area contributed by atoms with Gasteiger partial charge in [-0.1, -0.05) is 59.0 Å². The summed E-state index contributed by atoms with van der Waals surface area (Å²) >= 11 is 8.73. The van der Waals surface area contributed by atoms with Gasteiger partial charge in [-0.2, -0.15) is 0 Å².